The number of nitrogens with zero attached hydrogens (tertiary/aromatic N) is 2. The van der Waals surface area contributed by atoms with E-state index in [0.717, 1.165) is 59.6 Å². The molecule has 0 unspecified atom stereocenters. The standard InChI is InChI=1S/C30H32N2O4.Na/c1-35-26-20-18-25(19-21-26)32-29(24-15-9-6-10-16-24)28(23-13-7-5-8-14-23)31-30(32)36-22-12-4-2-3-11-17-27(33)34;/h5-10,13-16,18-21H,2-4,11-12,17,22H2,1H3,(H,33,34);/q;+1/p-1. The fourth-order valence-electron chi connectivity index (χ4n) is 4.19. The first-order valence-corrected chi connectivity index (χ1v) is 12.4. The fraction of sp³-hybridized carbons (Fsp3) is 0.267. The van der Waals surface area contributed by atoms with Gasteiger partial charge in [-0.15, -0.1) is 0 Å². The van der Waals surface area contributed by atoms with Crippen molar-refractivity contribution in [2.75, 3.05) is 13.7 Å². The van der Waals surface area contributed by atoms with Gasteiger partial charge in [-0.1, -0.05) is 79.9 Å². The van der Waals surface area contributed by atoms with E-state index in [-0.39, 0.29) is 36.0 Å². The van der Waals surface area contributed by atoms with Crippen LogP contribution in [0.15, 0.2) is 84.9 Å². The Morgan fingerprint density at radius 2 is 1.41 bits per heavy atom. The Kier molecular flexibility index (Phi) is 11.3. The van der Waals surface area contributed by atoms with Gasteiger partial charge in [-0.3, -0.25) is 4.57 Å². The van der Waals surface area contributed by atoms with Crippen LogP contribution in [0.25, 0.3) is 28.2 Å². The molecule has 1 aromatic heterocycles. The maximum absolute atomic E-state index is 10.6. The van der Waals surface area contributed by atoms with Crippen molar-refractivity contribution < 1.29 is 48.9 Å². The molecule has 4 aromatic rings. The van der Waals surface area contributed by atoms with Crippen molar-refractivity contribution in [3.8, 4) is 40.0 Å². The zero-order valence-corrected chi connectivity index (χ0v) is 23.6. The minimum absolute atomic E-state index is 0. The first kappa shape index (κ1) is 28.5. The summed E-state index contributed by atoms with van der Waals surface area (Å²) in [6.45, 7) is 0.524. The van der Waals surface area contributed by atoms with Gasteiger partial charge in [-0.05, 0) is 43.5 Å². The number of carboxylic acids is 1. The van der Waals surface area contributed by atoms with Crippen LogP contribution in [0.5, 0.6) is 11.8 Å². The Hall–Kier alpha value is -3.06. The molecule has 0 radical (unpaired) electrons. The van der Waals surface area contributed by atoms with Crippen LogP contribution >= 0.6 is 0 Å². The summed E-state index contributed by atoms with van der Waals surface area (Å²) in [4.78, 5) is 15.5. The summed E-state index contributed by atoms with van der Waals surface area (Å²) in [7, 11) is 1.65. The van der Waals surface area contributed by atoms with Gasteiger partial charge in [0.15, 0.2) is 0 Å². The van der Waals surface area contributed by atoms with Crippen molar-refractivity contribution in [2.24, 2.45) is 0 Å². The molecule has 37 heavy (non-hydrogen) atoms. The van der Waals surface area contributed by atoms with Crippen molar-refractivity contribution >= 4 is 5.97 Å². The number of imidazole rings is 1. The number of methoxy groups -OCH3 is 1. The number of carbonyl (C=O) groups excluding carboxylic acids is 1. The molecule has 4 rings (SSSR count). The third kappa shape index (κ3) is 7.71. The first-order chi connectivity index (χ1) is 17.7. The number of aliphatic carboxylic acids is 1. The third-order valence-corrected chi connectivity index (χ3v) is 6.03. The van der Waals surface area contributed by atoms with Gasteiger partial charge >= 0.3 is 35.6 Å². The zero-order valence-electron chi connectivity index (χ0n) is 21.6. The quantitative estimate of drug-likeness (QED) is 0.206. The largest absolute Gasteiger partial charge is 1.00 e. The maximum atomic E-state index is 10.6. The molecule has 186 valence electrons. The minimum atomic E-state index is -0.979. The molecule has 0 fully saturated rings. The minimum Gasteiger partial charge on any atom is -0.550 e. The monoisotopic (exact) mass is 506 g/mol. The van der Waals surface area contributed by atoms with Crippen molar-refractivity contribution in [3.05, 3.63) is 84.9 Å². The van der Waals surface area contributed by atoms with E-state index in [1.54, 1.807) is 7.11 Å². The van der Waals surface area contributed by atoms with Crippen LogP contribution in [-0.4, -0.2) is 29.2 Å². The number of carbonyl (C=O) groups is 1. The summed E-state index contributed by atoms with van der Waals surface area (Å²) >= 11 is 0. The Bertz CT molecular complexity index is 1240. The van der Waals surface area contributed by atoms with Crippen LogP contribution < -0.4 is 44.1 Å². The van der Waals surface area contributed by atoms with Crippen LogP contribution in [0.4, 0.5) is 0 Å². The van der Waals surface area contributed by atoms with Gasteiger partial charge in [-0.25, -0.2) is 0 Å². The van der Waals surface area contributed by atoms with Gasteiger partial charge in [0.25, 0.3) is 0 Å². The number of hydrogen-bond donors (Lipinski definition) is 0. The summed E-state index contributed by atoms with van der Waals surface area (Å²) in [5.41, 5.74) is 4.81. The number of ether oxygens (including phenoxy) is 2. The normalized spacial score (nSPS) is 10.5. The second-order valence-corrected chi connectivity index (χ2v) is 8.60. The van der Waals surface area contributed by atoms with Crippen molar-refractivity contribution in [1.29, 1.82) is 0 Å². The van der Waals surface area contributed by atoms with Crippen molar-refractivity contribution in [1.82, 2.24) is 9.55 Å². The molecule has 0 aliphatic rings. The Balaban J connectivity index is 0.00000380. The second kappa shape index (κ2) is 14.6. The van der Waals surface area contributed by atoms with E-state index in [1.165, 1.54) is 0 Å². The van der Waals surface area contributed by atoms with Gasteiger partial charge in [0.05, 0.1) is 25.1 Å². The van der Waals surface area contributed by atoms with Crippen LogP contribution in [0.3, 0.4) is 0 Å². The molecule has 0 spiro atoms. The first-order valence-electron chi connectivity index (χ1n) is 12.4. The van der Waals surface area contributed by atoms with Crippen LogP contribution in [0.2, 0.25) is 0 Å². The SMILES string of the molecule is COc1ccc(-n2c(OCCCCCCCC(=O)[O-])nc(-c3ccccc3)c2-c2ccccc2)cc1.[Na+]. The average Bonchev–Trinajstić information content (AvgIpc) is 3.30. The third-order valence-electron chi connectivity index (χ3n) is 6.03. The van der Waals surface area contributed by atoms with Gasteiger partial charge in [-0.2, -0.15) is 4.98 Å². The Morgan fingerprint density at radius 3 is 2.03 bits per heavy atom. The molecule has 0 aliphatic carbocycles. The summed E-state index contributed by atoms with van der Waals surface area (Å²) in [5, 5.41) is 10.6. The van der Waals surface area contributed by atoms with E-state index in [4.69, 9.17) is 14.5 Å². The van der Waals surface area contributed by atoms with Gasteiger partial charge in [0.1, 0.15) is 11.4 Å². The molecule has 0 bridgehead atoms. The van der Waals surface area contributed by atoms with Crippen LogP contribution in [-0.2, 0) is 4.79 Å². The van der Waals surface area contributed by atoms with Gasteiger partial charge in [0, 0.05) is 17.1 Å². The predicted molar refractivity (Wildman–Crippen MR) is 139 cm³/mol. The molecule has 0 amide bonds. The molecule has 0 atom stereocenters. The molecule has 7 heteroatoms. The number of rotatable bonds is 13. The second-order valence-electron chi connectivity index (χ2n) is 8.60. The summed E-state index contributed by atoms with van der Waals surface area (Å²) in [6.07, 6.45) is 4.46. The number of benzene rings is 3. The van der Waals surface area contributed by atoms with E-state index in [2.05, 4.69) is 28.8 Å². The van der Waals surface area contributed by atoms with Crippen molar-refractivity contribution in [3.63, 3.8) is 0 Å². The Morgan fingerprint density at radius 1 is 0.811 bits per heavy atom. The van der Waals surface area contributed by atoms with Crippen LogP contribution in [0, 0.1) is 0 Å². The van der Waals surface area contributed by atoms with E-state index >= 15 is 0 Å². The Labute approximate surface area is 240 Å². The molecular formula is C30H31N2NaO4. The number of hydrogen-bond acceptors (Lipinski definition) is 5. The molecule has 1 heterocycles. The molecule has 6 nitrogen and oxygen atoms in total. The topological polar surface area (TPSA) is 76.4 Å². The average molecular weight is 507 g/mol. The van der Waals surface area contributed by atoms with Gasteiger partial charge in [0.2, 0.25) is 0 Å². The summed E-state index contributed by atoms with van der Waals surface area (Å²) < 4.78 is 13.7. The van der Waals surface area contributed by atoms with E-state index < -0.39 is 5.97 Å². The molecular weight excluding hydrogens is 475 g/mol. The maximum Gasteiger partial charge on any atom is 1.00 e. The van der Waals surface area contributed by atoms with Gasteiger partial charge < -0.3 is 19.4 Å². The smallest absolute Gasteiger partial charge is 0.550 e. The number of carboxylic acid groups (broad SMARTS) is 1. The molecule has 3 aromatic carbocycles. The number of aromatic nitrogens is 2. The number of unbranched alkanes of at least 4 members (excludes halogenated alkanes) is 4. The van der Waals surface area contributed by atoms with Crippen LogP contribution in [0.1, 0.15) is 38.5 Å². The molecule has 0 N–H and O–H groups in total. The summed E-state index contributed by atoms with van der Waals surface area (Å²) in [6, 6.07) is 28.8. The molecule has 0 aliphatic heterocycles. The predicted octanol–water partition coefficient (Wildman–Crippen LogP) is 2.69. The fourth-order valence-corrected chi connectivity index (χ4v) is 4.19. The molecule has 0 saturated carbocycles. The van der Waals surface area contributed by atoms with Crippen molar-refractivity contribution in [2.45, 2.75) is 38.5 Å². The molecule has 0 saturated heterocycles. The van der Waals surface area contributed by atoms with E-state index in [0.29, 0.717) is 19.0 Å². The summed E-state index contributed by atoms with van der Waals surface area (Å²) in [5.74, 6) is -0.198. The zero-order chi connectivity index (χ0) is 25.2. The van der Waals surface area contributed by atoms with E-state index in [1.807, 2.05) is 60.7 Å². The van der Waals surface area contributed by atoms with E-state index in [9.17, 15) is 9.90 Å².